The number of hydrogen-bond acceptors (Lipinski definition) is 2. The molecule has 0 unspecified atom stereocenters. The minimum atomic E-state index is -0.295. The number of carbonyl (C=O) groups excluding carboxylic acids is 1. The van der Waals surface area contributed by atoms with Crippen LogP contribution in [0.4, 0.5) is 4.79 Å². The van der Waals surface area contributed by atoms with E-state index in [9.17, 15) is 4.79 Å². The van der Waals surface area contributed by atoms with E-state index in [2.05, 4.69) is 15.1 Å². The lowest BCUT2D eigenvalue weighted by atomic mass is 10.7. The van der Waals surface area contributed by atoms with Gasteiger partial charge in [-0.15, -0.1) is 0 Å². The summed E-state index contributed by atoms with van der Waals surface area (Å²) in [6, 6.07) is 0. The molecule has 1 heterocycles. The van der Waals surface area contributed by atoms with E-state index in [1.165, 1.54) is 4.57 Å². The van der Waals surface area contributed by atoms with Crippen LogP contribution in [0.3, 0.4) is 0 Å². The van der Waals surface area contributed by atoms with Crippen molar-refractivity contribution in [2.45, 2.75) is 0 Å². The summed E-state index contributed by atoms with van der Waals surface area (Å²) < 4.78 is 5.85. The zero-order valence-electron chi connectivity index (χ0n) is 3.68. The molecule has 0 spiro atoms. The quantitative estimate of drug-likeness (QED) is 0.398. The van der Waals surface area contributed by atoms with Crippen molar-refractivity contribution < 1.29 is 9.53 Å². The zero-order valence-corrected chi connectivity index (χ0v) is 4.68. The maximum atomic E-state index is 10.2. The Hall–Kier alpha value is -0.513. The van der Waals surface area contributed by atoms with Gasteiger partial charge in [0.25, 0.3) is 0 Å². The van der Waals surface area contributed by atoms with Crippen molar-refractivity contribution in [2.75, 3.05) is 13.2 Å². The first kappa shape index (κ1) is 4.64. The Morgan fingerprint density at radius 3 is 2.71 bits per heavy atom. The van der Waals surface area contributed by atoms with Crippen LogP contribution >= 0.6 is 0 Å². The molecule has 0 aromatic heterocycles. The summed E-state index contributed by atoms with van der Waals surface area (Å²) in [6.07, 6.45) is -0.295. The topological polar surface area (TPSA) is 29.5 Å². The van der Waals surface area contributed by atoms with Crippen LogP contribution in [-0.4, -0.2) is 34.2 Å². The number of rotatable bonds is 0. The largest absolute Gasteiger partial charge is 0.448 e. The van der Waals surface area contributed by atoms with Crippen molar-refractivity contribution >= 4 is 16.5 Å². The van der Waals surface area contributed by atoms with Crippen molar-refractivity contribution in [3.8, 4) is 0 Å². The van der Waals surface area contributed by atoms with Crippen LogP contribution in [0, 0.1) is 0 Å². The van der Waals surface area contributed by atoms with Crippen molar-refractivity contribution in [3.05, 3.63) is 0 Å². The number of carbonyl (C=O) groups is 1. The van der Waals surface area contributed by atoms with Gasteiger partial charge in [0.1, 0.15) is 6.61 Å². The monoisotopic (exact) mass is 114 g/mol. The maximum absolute atomic E-state index is 10.2. The predicted octanol–water partition coefficient (Wildman–Crippen LogP) is -0.478. The molecule has 0 aromatic rings. The Kier molecular flexibility index (Phi) is 1.02. The highest BCUT2D eigenvalue weighted by Gasteiger charge is 2.15. The van der Waals surface area contributed by atoms with E-state index in [-0.39, 0.29) is 6.09 Å². The molecule has 0 atom stereocenters. The van der Waals surface area contributed by atoms with E-state index in [1.807, 2.05) is 0 Å². The Labute approximate surface area is 44.7 Å². The fourth-order valence-electron chi connectivity index (χ4n) is 0.393. The van der Waals surface area contributed by atoms with E-state index in [0.29, 0.717) is 13.2 Å². The first-order valence-electron chi connectivity index (χ1n) is 1.96. The molecule has 0 saturated carbocycles. The molecule has 1 rings (SSSR count). The second kappa shape index (κ2) is 1.53. The van der Waals surface area contributed by atoms with Crippen molar-refractivity contribution in [1.82, 2.24) is 4.57 Å². The van der Waals surface area contributed by atoms with Gasteiger partial charge in [0, 0.05) is 6.54 Å². The van der Waals surface area contributed by atoms with Gasteiger partial charge in [-0.2, -0.15) is 0 Å². The van der Waals surface area contributed by atoms with E-state index in [1.54, 1.807) is 0 Å². The third kappa shape index (κ3) is 0.741. The van der Waals surface area contributed by atoms with Crippen molar-refractivity contribution in [2.24, 2.45) is 0 Å². The average Bonchev–Trinajstić information content (AvgIpc) is 1.91. The molecule has 3 nitrogen and oxygen atoms in total. The van der Waals surface area contributed by atoms with Gasteiger partial charge in [-0.05, 0) is 0 Å². The first-order valence-corrected chi connectivity index (χ1v) is 2.41. The average molecular weight is 114 g/mol. The standard InChI is InChI=1S/C3H4NO2Si/c5-3-4(7)1-2-6-3/h1-2H2. The number of ether oxygens (including phenoxy) is 1. The highest BCUT2D eigenvalue weighted by atomic mass is 28.2. The van der Waals surface area contributed by atoms with E-state index in [4.69, 9.17) is 0 Å². The lowest BCUT2D eigenvalue weighted by Crippen LogP contribution is -2.19. The van der Waals surface area contributed by atoms with Gasteiger partial charge >= 0.3 is 6.09 Å². The molecule has 1 aliphatic heterocycles. The van der Waals surface area contributed by atoms with Crippen molar-refractivity contribution in [3.63, 3.8) is 0 Å². The van der Waals surface area contributed by atoms with Crippen LogP contribution < -0.4 is 0 Å². The second-order valence-electron chi connectivity index (χ2n) is 1.27. The minimum absolute atomic E-state index is 0.295. The van der Waals surface area contributed by atoms with Gasteiger partial charge in [0.15, 0.2) is 10.4 Å². The molecule has 1 fully saturated rings. The summed E-state index contributed by atoms with van der Waals surface area (Å²) in [4.78, 5) is 10.2. The molecule has 37 valence electrons. The van der Waals surface area contributed by atoms with Gasteiger partial charge in [-0.1, -0.05) is 0 Å². The Bertz CT molecular complexity index is 94.9. The Morgan fingerprint density at radius 2 is 2.57 bits per heavy atom. The number of amides is 1. The fourth-order valence-corrected chi connectivity index (χ4v) is 0.549. The lowest BCUT2D eigenvalue weighted by Gasteiger charge is -1.98. The lowest BCUT2D eigenvalue weighted by molar-refractivity contribution is 0.170. The Morgan fingerprint density at radius 1 is 1.86 bits per heavy atom. The van der Waals surface area contributed by atoms with Gasteiger partial charge in [-0.3, -0.25) is 0 Å². The summed E-state index contributed by atoms with van der Waals surface area (Å²) in [7, 11) is 3.01. The molecule has 3 radical (unpaired) electrons. The molecule has 0 N–H and O–H groups in total. The van der Waals surface area contributed by atoms with Crippen LogP contribution in [0.2, 0.25) is 0 Å². The van der Waals surface area contributed by atoms with Crippen LogP contribution in [0.15, 0.2) is 0 Å². The van der Waals surface area contributed by atoms with E-state index >= 15 is 0 Å². The van der Waals surface area contributed by atoms with Crippen LogP contribution in [0.25, 0.3) is 0 Å². The third-order valence-electron chi connectivity index (χ3n) is 0.761. The van der Waals surface area contributed by atoms with Gasteiger partial charge in [0.2, 0.25) is 0 Å². The highest BCUT2D eigenvalue weighted by molar-refractivity contribution is 6.13. The molecule has 7 heavy (non-hydrogen) atoms. The van der Waals surface area contributed by atoms with Crippen LogP contribution in [-0.2, 0) is 4.74 Å². The first-order chi connectivity index (χ1) is 3.30. The molecule has 0 bridgehead atoms. The summed E-state index contributed by atoms with van der Waals surface area (Å²) in [6.45, 7) is 1.15. The maximum Gasteiger partial charge on any atom is 0.401 e. The summed E-state index contributed by atoms with van der Waals surface area (Å²) in [5.41, 5.74) is 0. The number of hydrogen-bond donors (Lipinski definition) is 0. The minimum Gasteiger partial charge on any atom is -0.448 e. The van der Waals surface area contributed by atoms with E-state index < -0.39 is 0 Å². The third-order valence-corrected chi connectivity index (χ3v) is 1.17. The second-order valence-corrected chi connectivity index (χ2v) is 1.81. The smallest absolute Gasteiger partial charge is 0.401 e. The molecule has 4 heteroatoms. The molecule has 0 aliphatic carbocycles. The highest BCUT2D eigenvalue weighted by Crippen LogP contribution is 1.95. The van der Waals surface area contributed by atoms with E-state index in [0.717, 1.165) is 0 Å². The van der Waals surface area contributed by atoms with Crippen LogP contribution in [0.5, 0.6) is 0 Å². The van der Waals surface area contributed by atoms with Crippen LogP contribution in [0.1, 0.15) is 0 Å². The fraction of sp³-hybridized carbons (Fsp3) is 0.667. The molecule has 1 saturated heterocycles. The summed E-state index contributed by atoms with van der Waals surface area (Å²) in [5.74, 6) is 0. The molecule has 1 amide bonds. The predicted molar refractivity (Wildman–Crippen MR) is 23.8 cm³/mol. The van der Waals surface area contributed by atoms with Gasteiger partial charge in [0.05, 0.1) is 0 Å². The summed E-state index contributed by atoms with van der Waals surface area (Å²) in [5, 5.41) is 0. The normalized spacial score (nSPS) is 20.1. The molecule has 1 aliphatic rings. The van der Waals surface area contributed by atoms with Crippen molar-refractivity contribution in [1.29, 1.82) is 0 Å². The number of nitrogens with zero attached hydrogens (tertiary/aromatic N) is 1. The van der Waals surface area contributed by atoms with Gasteiger partial charge < -0.3 is 9.30 Å². The summed E-state index contributed by atoms with van der Waals surface area (Å²) >= 11 is 0. The van der Waals surface area contributed by atoms with Gasteiger partial charge in [-0.25, -0.2) is 4.79 Å². The Balaban J connectivity index is 2.48. The zero-order chi connectivity index (χ0) is 5.28. The SMILES string of the molecule is O=C1OCCN1[Si]. The number of cyclic esters (lactones) is 1. The molecule has 0 aromatic carbocycles. The molecular weight excluding hydrogens is 110 g/mol. The molecular formula is C3H4NO2Si.